The SMILES string of the molecule is CCn1c(C)cc(C(=O)NCC(N)C2CC2)c1C.Cl. The first-order valence-corrected chi connectivity index (χ1v) is 6.75. The van der Waals surface area contributed by atoms with Gasteiger partial charge < -0.3 is 15.6 Å². The molecule has 0 saturated heterocycles. The normalized spacial score (nSPS) is 15.8. The molecule has 1 aromatic rings. The van der Waals surface area contributed by atoms with Crippen molar-refractivity contribution in [1.82, 2.24) is 9.88 Å². The van der Waals surface area contributed by atoms with Crippen LogP contribution in [-0.2, 0) is 6.54 Å². The Labute approximate surface area is 121 Å². The van der Waals surface area contributed by atoms with E-state index in [0.29, 0.717) is 12.5 Å². The highest BCUT2D eigenvalue weighted by Gasteiger charge is 2.28. The van der Waals surface area contributed by atoms with Crippen LogP contribution in [0.5, 0.6) is 0 Å². The lowest BCUT2D eigenvalue weighted by atomic mass is 10.2. The summed E-state index contributed by atoms with van der Waals surface area (Å²) in [5.74, 6) is 0.618. The van der Waals surface area contributed by atoms with Gasteiger partial charge in [0.25, 0.3) is 5.91 Å². The van der Waals surface area contributed by atoms with Crippen LogP contribution >= 0.6 is 12.4 Å². The van der Waals surface area contributed by atoms with E-state index in [1.54, 1.807) is 0 Å². The molecule has 1 aliphatic rings. The summed E-state index contributed by atoms with van der Waals surface area (Å²) in [6.45, 7) is 7.59. The lowest BCUT2D eigenvalue weighted by molar-refractivity contribution is 0.0949. The number of hydrogen-bond donors (Lipinski definition) is 2. The Balaban J connectivity index is 0.00000180. The van der Waals surface area contributed by atoms with Crippen molar-refractivity contribution in [1.29, 1.82) is 0 Å². The maximum Gasteiger partial charge on any atom is 0.253 e. The van der Waals surface area contributed by atoms with Crippen molar-refractivity contribution in [2.24, 2.45) is 11.7 Å². The third kappa shape index (κ3) is 3.51. The van der Waals surface area contributed by atoms with Crippen molar-refractivity contribution in [3.63, 3.8) is 0 Å². The number of hydrogen-bond acceptors (Lipinski definition) is 2. The first-order chi connectivity index (χ1) is 8.54. The van der Waals surface area contributed by atoms with E-state index in [4.69, 9.17) is 5.73 Å². The maximum absolute atomic E-state index is 12.1. The second-order valence-electron chi connectivity index (χ2n) is 5.24. The standard InChI is InChI=1S/C14H23N3O.ClH/c1-4-17-9(2)7-12(10(17)3)14(18)16-8-13(15)11-5-6-11;/h7,11,13H,4-6,8,15H2,1-3H3,(H,16,18);1H. The molecule has 1 fully saturated rings. The summed E-state index contributed by atoms with van der Waals surface area (Å²) >= 11 is 0. The summed E-state index contributed by atoms with van der Waals surface area (Å²) in [4.78, 5) is 12.1. The van der Waals surface area contributed by atoms with E-state index in [1.807, 2.05) is 19.9 Å². The van der Waals surface area contributed by atoms with E-state index in [2.05, 4.69) is 16.8 Å². The number of aryl methyl sites for hydroxylation is 1. The average molecular weight is 286 g/mol. The highest BCUT2D eigenvalue weighted by molar-refractivity contribution is 5.95. The van der Waals surface area contributed by atoms with E-state index in [0.717, 1.165) is 23.5 Å². The van der Waals surface area contributed by atoms with Crippen LogP contribution < -0.4 is 11.1 Å². The van der Waals surface area contributed by atoms with Gasteiger partial charge in [-0.25, -0.2) is 0 Å². The van der Waals surface area contributed by atoms with Crippen LogP contribution in [0.4, 0.5) is 0 Å². The molecule has 1 atom stereocenters. The van der Waals surface area contributed by atoms with E-state index < -0.39 is 0 Å². The molecule has 4 nitrogen and oxygen atoms in total. The van der Waals surface area contributed by atoms with Crippen molar-refractivity contribution in [3.8, 4) is 0 Å². The van der Waals surface area contributed by atoms with Gasteiger partial charge in [-0.15, -0.1) is 12.4 Å². The van der Waals surface area contributed by atoms with Crippen molar-refractivity contribution in [2.45, 2.75) is 46.2 Å². The van der Waals surface area contributed by atoms with Crippen molar-refractivity contribution < 1.29 is 4.79 Å². The summed E-state index contributed by atoms with van der Waals surface area (Å²) in [5.41, 5.74) is 8.93. The molecule has 1 heterocycles. The number of nitrogens with one attached hydrogen (secondary N) is 1. The molecule has 108 valence electrons. The molecular formula is C14H24ClN3O. The smallest absolute Gasteiger partial charge is 0.253 e. The summed E-state index contributed by atoms with van der Waals surface area (Å²) in [6, 6.07) is 2.07. The zero-order valence-electron chi connectivity index (χ0n) is 11.9. The Bertz CT molecular complexity index is 452. The van der Waals surface area contributed by atoms with E-state index in [-0.39, 0.29) is 24.4 Å². The summed E-state index contributed by atoms with van der Waals surface area (Å²) < 4.78 is 2.15. The molecule has 3 N–H and O–H groups in total. The van der Waals surface area contributed by atoms with Gasteiger partial charge in [-0.1, -0.05) is 0 Å². The summed E-state index contributed by atoms with van der Waals surface area (Å²) in [6.07, 6.45) is 2.42. The number of carbonyl (C=O) groups excluding carboxylic acids is 1. The van der Waals surface area contributed by atoms with Crippen molar-refractivity contribution >= 4 is 18.3 Å². The largest absolute Gasteiger partial charge is 0.350 e. The number of halogens is 1. The van der Waals surface area contributed by atoms with Gasteiger partial charge >= 0.3 is 0 Å². The molecule has 0 aliphatic heterocycles. The number of nitrogens with two attached hydrogens (primary N) is 1. The van der Waals surface area contributed by atoms with Gasteiger partial charge in [0.15, 0.2) is 0 Å². The van der Waals surface area contributed by atoms with E-state index >= 15 is 0 Å². The van der Waals surface area contributed by atoms with E-state index in [1.165, 1.54) is 12.8 Å². The van der Waals surface area contributed by atoms with Crippen LogP contribution in [0.2, 0.25) is 0 Å². The van der Waals surface area contributed by atoms with Crippen LogP contribution in [0.3, 0.4) is 0 Å². The Kier molecular flexibility index (Phi) is 5.44. The first-order valence-electron chi connectivity index (χ1n) is 6.75. The predicted molar refractivity (Wildman–Crippen MR) is 79.9 cm³/mol. The minimum Gasteiger partial charge on any atom is -0.350 e. The topological polar surface area (TPSA) is 60.0 Å². The van der Waals surface area contributed by atoms with Crippen LogP contribution in [0.1, 0.15) is 41.5 Å². The second-order valence-corrected chi connectivity index (χ2v) is 5.24. The fourth-order valence-corrected chi connectivity index (χ4v) is 2.51. The fraction of sp³-hybridized carbons (Fsp3) is 0.643. The quantitative estimate of drug-likeness (QED) is 0.869. The monoisotopic (exact) mass is 285 g/mol. The first kappa shape index (κ1) is 16.1. The molecule has 0 bridgehead atoms. The second kappa shape index (κ2) is 6.44. The third-order valence-electron chi connectivity index (χ3n) is 3.86. The Morgan fingerprint density at radius 2 is 2.16 bits per heavy atom. The molecule has 1 aliphatic carbocycles. The van der Waals surface area contributed by atoms with Crippen molar-refractivity contribution in [2.75, 3.05) is 6.54 Å². The highest BCUT2D eigenvalue weighted by atomic mass is 35.5. The highest BCUT2D eigenvalue weighted by Crippen LogP contribution is 2.31. The Hall–Kier alpha value is -1.00. The third-order valence-corrected chi connectivity index (χ3v) is 3.86. The fourth-order valence-electron chi connectivity index (χ4n) is 2.51. The van der Waals surface area contributed by atoms with Gasteiger partial charge in [0.05, 0.1) is 5.56 Å². The number of aromatic nitrogens is 1. The molecule has 1 saturated carbocycles. The molecule has 19 heavy (non-hydrogen) atoms. The zero-order valence-corrected chi connectivity index (χ0v) is 12.7. The summed E-state index contributed by atoms with van der Waals surface area (Å²) in [5, 5.41) is 2.95. The molecule has 0 radical (unpaired) electrons. The number of amides is 1. The van der Waals surface area contributed by atoms with Crippen LogP contribution in [0.15, 0.2) is 6.07 Å². The van der Waals surface area contributed by atoms with E-state index in [9.17, 15) is 4.79 Å². The number of rotatable bonds is 5. The lowest BCUT2D eigenvalue weighted by Gasteiger charge is -2.11. The molecule has 1 aromatic heterocycles. The van der Waals surface area contributed by atoms with Crippen LogP contribution in [0.25, 0.3) is 0 Å². The minimum atomic E-state index is -0.00102. The average Bonchev–Trinajstić information content (AvgIpc) is 3.13. The van der Waals surface area contributed by atoms with Crippen LogP contribution in [0, 0.1) is 19.8 Å². The molecule has 0 aromatic carbocycles. The molecule has 1 amide bonds. The van der Waals surface area contributed by atoms with Gasteiger partial charge in [-0.2, -0.15) is 0 Å². The molecule has 2 rings (SSSR count). The minimum absolute atomic E-state index is 0. The Morgan fingerprint density at radius 3 is 2.63 bits per heavy atom. The van der Waals surface area contributed by atoms with Gasteiger partial charge in [0.2, 0.25) is 0 Å². The maximum atomic E-state index is 12.1. The van der Waals surface area contributed by atoms with Gasteiger partial charge in [0, 0.05) is 30.5 Å². The number of nitrogens with zero attached hydrogens (tertiary/aromatic N) is 1. The van der Waals surface area contributed by atoms with Crippen molar-refractivity contribution in [3.05, 3.63) is 23.0 Å². The Morgan fingerprint density at radius 1 is 1.53 bits per heavy atom. The zero-order chi connectivity index (χ0) is 13.3. The molecule has 1 unspecified atom stereocenters. The van der Waals surface area contributed by atoms with Gasteiger partial charge in [-0.3, -0.25) is 4.79 Å². The van der Waals surface area contributed by atoms with Gasteiger partial charge in [-0.05, 0) is 45.6 Å². The molecular weight excluding hydrogens is 262 g/mol. The van der Waals surface area contributed by atoms with Crippen LogP contribution in [-0.4, -0.2) is 23.1 Å². The predicted octanol–water partition coefficient (Wildman–Crippen LogP) is 2.01. The summed E-state index contributed by atoms with van der Waals surface area (Å²) in [7, 11) is 0. The van der Waals surface area contributed by atoms with Gasteiger partial charge in [0.1, 0.15) is 0 Å². The number of carbonyl (C=O) groups is 1. The lowest BCUT2D eigenvalue weighted by Crippen LogP contribution is -2.38. The molecule has 5 heteroatoms. The molecule has 0 spiro atoms.